The Morgan fingerprint density at radius 1 is 1.35 bits per heavy atom. The highest BCUT2D eigenvalue weighted by Crippen LogP contribution is 2.37. The molecule has 0 aromatic carbocycles. The summed E-state index contributed by atoms with van der Waals surface area (Å²) < 4.78 is 6.21. The van der Waals surface area contributed by atoms with Crippen LogP contribution in [0.3, 0.4) is 0 Å². The number of rotatable bonds is 4. The highest BCUT2D eigenvalue weighted by atomic mass is 16.5. The van der Waals surface area contributed by atoms with Gasteiger partial charge in [-0.2, -0.15) is 10.2 Å². The number of likely N-dealkylation sites (N-methyl/N-ethyl adjacent to an activating group) is 1. The first-order chi connectivity index (χ1) is 12.7. The topological polar surface area (TPSA) is 71.5 Å². The molecule has 136 valence electrons. The highest BCUT2D eigenvalue weighted by molar-refractivity contribution is 5.94. The van der Waals surface area contributed by atoms with Crippen LogP contribution in [0.5, 0.6) is 0 Å². The summed E-state index contributed by atoms with van der Waals surface area (Å²) in [6, 6.07) is 8.03. The van der Waals surface area contributed by atoms with Crippen molar-refractivity contribution in [3.63, 3.8) is 0 Å². The first-order valence-electron chi connectivity index (χ1n) is 8.95. The van der Waals surface area contributed by atoms with Crippen molar-refractivity contribution in [1.82, 2.24) is 25.0 Å². The molecule has 0 N–H and O–H groups in total. The number of nitrogens with zero attached hydrogens (tertiary/aromatic N) is 5. The summed E-state index contributed by atoms with van der Waals surface area (Å²) in [5.41, 5.74) is 1.42. The molecule has 2 unspecified atom stereocenters. The van der Waals surface area contributed by atoms with Crippen molar-refractivity contribution in [2.45, 2.75) is 31.0 Å². The zero-order valence-corrected chi connectivity index (χ0v) is 14.9. The van der Waals surface area contributed by atoms with E-state index in [4.69, 9.17) is 4.74 Å². The summed E-state index contributed by atoms with van der Waals surface area (Å²) in [6.45, 7) is 2.86. The van der Waals surface area contributed by atoms with E-state index in [1.807, 2.05) is 29.3 Å². The smallest absolute Gasteiger partial charge is 0.255 e. The summed E-state index contributed by atoms with van der Waals surface area (Å²) in [6.07, 6.45) is 6.71. The Hall–Kier alpha value is -2.38. The Bertz CT molecular complexity index is 757. The van der Waals surface area contributed by atoms with E-state index in [-0.39, 0.29) is 11.5 Å². The molecule has 7 heteroatoms. The lowest BCUT2D eigenvalue weighted by atomic mass is 9.96. The van der Waals surface area contributed by atoms with Crippen molar-refractivity contribution in [1.29, 1.82) is 0 Å². The molecule has 2 aliphatic rings. The molecule has 0 bridgehead atoms. The van der Waals surface area contributed by atoms with Crippen LogP contribution >= 0.6 is 0 Å². The molecule has 4 heterocycles. The molecular formula is C19H23N5O2. The van der Waals surface area contributed by atoms with Gasteiger partial charge in [-0.15, -0.1) is 0 Å². The predicted molar refractivity (Wildman–Crippen MR) is 95.3 cm³/mol. The lowest BCUT2D eigenvalue weighted by Crippen LogP contribution is -2.37. The van der Waals surface area contributed by atoms with E-state index in [9.17, 15) is 4.79 Å². The SMILES string of the molecule is CN(Cc1ccccn1)C1COC2(CCN(C(=O)c3ccnnc3)C2)C1. The quantitative estimate of drug-likeness (QED) is 0.827. The largest absolute Gasteiger partial charge is 0.371 e. The van der Waals surface area contributed by atoms with E-state index in [2.05, 4.69) is 27.1 Å². The van der Waals surface area contributed by atoms with Gasteiger partial charge in [0.25, 0.3) is 5.91 Å². The maximum Gasteiger partial charge on any atom is 0.255 e. The van der Waals surface area contributed by atoms with Crippen molar-refractivity contribution in [2.75, 3.05) is 26.7 Å². The minimum absolute atomic E-state index is 0.00525. The molecule has 0 saturated carbocycles. The van der Waals surface area contributed by atoms with Gasteiger partial charge in [0.1, 0.15) is 0 Å². The Morgan fingerprint density at radius 2 is 2.27 bits per heavy atom. The van der Waals surface area contributed by atoms with E-state index in [1.165, 1.54) is 6.20 Å². The average molecular weight is 353 g/mol. The molecule has 7 nitrogen and oxygen atoms in total. The van der Waals surface area contributed by atoms with Gasteiger partial charge in [-0.1, -0.05) is 6.07 Å². The maximum absolute atomic E-state index is 12.6. The van der Waals surface area contributed by atoms with E-state index in [1.54, 1.807) is 12.3 Å². The Morgan fingerprint density at radius 3 is 3.04 bits per heavy atom. The fourth-order valence-corrected chi connectivity index (χ4v) is 3.88. The van der Waals surface area contributed by atoms with Crippen LogP contribution in [-0.2, 0) is 11.3 Å². The first-order valence-corrected chi connectivity index (χ1v) is 8.95. The average Bonchev–Trinajstić information content (AvgIpc) is 3.30. The van der Waals surface area contributed by atoms with Gasteiger partial charge in [-0.05, 0) is 38.1 Å². The molecule has 0 aliphatic carbocycles. The van der Waals surface area contributed by atoms with Gasteiger partial charge in [-0.3, -0.25) is 14.7 Å². The van der Waals surface area contributed by atoms with Crippen molar-refractivity contribution < 1.29 is 9.53 Å². The lowest BCUT2D eigenvalue weighted by Gasteiger charge is -2.26. The van der Waals surface area contributed by atoms with Gasteiger partial charge < -0.3 is 9.64 Å². The number of aromatic nitrogens is 3. The summed E-state index contributed by atoms with van der Waals surface area (Å²) in [5.74, 6) is 0.00525. The van der Waals surface area contributed by atoms with Crippen LogP contribution in [0, 0.1) is 0 Å². The molecule has 2 aromatic heterocycles. The van der Waals surface area contributed by atoms with E-state index in [0.29, 0.717) is 24.8 Å². The van der Waals surface area contributed by atoms with Crippen LogP contribution in [0.1, 0.15) is 28.9 Å². The van der Waals surface area contributed by atoms with E-state index >= 15 is 0 Å². The molecule has 2 aliphatic heterocycles. The molecule has 4 rings (SSSR count). The summed E-state index contributed by atoms with van der Waals surface area (Å²) >= 11 is 0. The van der Waals surface area contributed by atoms with Crippen LogP contribution < -0.4 is 0 Å². The Kier molecular flexibility index (Phi) is 4.65. The second-order valence-corrected chi connectivity index (χ2v) is 7.20. The minimum atomic E-state index is -0.223. The third-order valence-corrected chi connectivity index (χ3v) is 5.39. The number of carbonyl (C=O) groups excluding carboxylic acids is 1. The number of ether oxygens (including phenoxy) is 1. The van der Waals surface area contributed by atoms with Crippen molar-refractivity contribution >= 4 is 5.91 Å². The Labute approximate surface area is 153 Å². The first kappa shape index (κ1) is 17.1. The van der Waals surface area contributed by atoms with Crippen LogP contribution in [-0.4, -0.2) is 69.3 Å². The summed E-state index contributed by atoms with van der Waals surface area (Å²) in [4.78, 5) is 21.2. The maximum atomic E-state index is 12.6. The monoisotopic (exact) mass is 353 g/mol. The highest BCUT2D eigenvalue weighted by Gasteiger charge is 2.47. The number of amides is 1. The molecule has 2 aromatic rings. The van der Waals surface area contributed by atoms with E-state index in [0.717, 1.165) is 31.6 Å². The third-order valence-electron chi connectivity index (χ3n) is 5.39. The predicted octanol–water partition coefficient (Wildman–Crippen LogP) is 1.38. The summed E-state index contributed by atoms with van der Waals surface area (Å²) in [7, 11) is 2.11. The molecule has 2 saturated heterocycles. The molecule has 0 radical (unpaired) electrons. The minimum Gasteiger partial charge on any atom is -0.371 e. The third kappa shape index (κ3) is 3.45. The molecular weight excluding hydrogens is 330 g/mol. The number of hydrogen-bond donors (Lipinski definition) is 0. The number of hydrogen-bond acceptors (Lipinski definition) is 6. The standard InChI is InChI=1S/C19H23N5O2/c1-23(12-16-4-2-3-7-20-16)17-10-19(26-13-17)6-9-24(14-19)18(25)15-5-8-21-22-11-15/h2-5,7-8,11,17H,6,9-10,12-14H2,1H3. The van der Waals surface area contributed by atoms with Gasteiger partial charge in [0.15, 0.2) is 0 Å². The molecule has 2 atom stereocenters. The lowest BCUT2D eigenvalue weighted by molar-refractivity contribution is 0.0107. The molecule has 1 amide bonds. The molecule has 1 spiro atoms. The molecule has 26 heavy (non-hydrogen) atoms. The zero-order valence-electron chi connectivity index (χ0n) is 14.9. The van der Waals surface area contributed by atoms with Gasteiger partial charge >= 0.3 is 0 Å². The fourth-order valence-electron chi connectivity index (χ4n) is 3.88. The van der Waals surface area contributed by atoms with Gasteiger partial charge in [0.2, 0.25) is 0 Å². The number of carbonyl (C=O) groups is 1. The van der Waals surface area contributed by atoms with Crippen LogP contribution in [0.15, 0.2) is 42.9 Å². The molecule has 2 fully saturated rings. The van der Waals surface area contributed by atoms with Crippen LogP contribution in [0.2, 0.25) is 0 Å². The van der Waals surface area contributed by atoms with E-state index < -0.39 is 0 Å². The second-order valence-electron chi connectivity index (χ2n) is 7.20. The Balaban J connectivity index is 1.37. The summed E-state index contributed by atoms with van der Waals surface area (Å²) in [5, 5.41) is 7.53. The normalized spacial score (nSPS) is 25.3. The number of likely N-dealkylation sites (tertiary alicyclic amines) is 1. The van der Waals surface area contributed by atoms with Crippen molar-refractivity contribution in [2.24, 2.45) is 0 Å². The fraction of sp³-hybridized carbons (Fsp3) is 0.474. The van der Waals surface area contributed by atoms with Crippen molar-refractivity contribution in [3.8, 4) is 0 Å². The van der Waals surface area contributed by atoms with Gasteiger partial charge in [-0.25, -0.2) is 0 Å². The van der Waals surface area contributed by atoms with Gasteiger partial charge in [0.05, 0.1) is 42.4 Å². The van der Waals surface area contributed by atoms with Crippen LogP contribution in [0.25, 0.3) is 0 Å². The second kappa shape index (κ2) is 7.09. The van der Waals surface area contributed by atoms with Gasteiger partial charge in [0, 0.05) is 25.3 Å². The number of pyridine rings is 1. The zero-order chi connectivity index (χ0) is 18.0. The van der Waals surface area contributed by atoms with Crippen LogP contribution in [0.4, 0.5) is 0 Å². The van der Waals surface area contributed by atoms with Crippen molar-refractivity contribution in [3.05, 3.63) is 54.1 Å².